The Bertz CT molecular complexity index is 1670. The van der Waals surface area contributed by atoms with Gasteiger partial charge in [-0.3, -0.25) is 9.69 Å². The van der Waals surface area contributed by atoms with E-state index >= 15 is 0 Å². The third-order valence-corrected chi connectivity index (χ3v) is 14.6. The van der Waals surface area contributed by atoms with Crippen molar-refractivity contribution < 1.29 is 19.1 Å². The van der Waals surface area contributed by atoms with Crippen LogP contribution in [0, 0.1) is 40.4 Å². The first-order chi connectivity index (χ1) is 24.3. The number of hydrogen-bond donors (Lipinski definition) is 1. The number of nitrogens with two attached hydrogens (primary N) is 1. The van der Waals surface area contributed by atoms with E-state index < -0.39 is 16.4 Å². The predicted molar refractivity (Wildman–Crippen MR) is 194 cm³/mol. The molecule has 8 bridgehead atoms. The molecule has 0 amide bonds. The third-order valence-electron chi connectivity index (χ3n) is 14.6. The zero-order chi connectivity index (χ0) is 34.4. The SMILES string of the molecule is CCCC1CC=C2OC(=O)C34C=C(CCC23C2(OC(=O)c3c(CCCN)cccc32)C4CCC)C2CC(C)CC=C2N2CC3CC(C2)CN1C3. The molecule has 8 heterocycles. The van der Waals surface area contributed by atoms with Gasteiger partial charge in [0.2, 0.25) is 0 Å². The molecule has 268 valence electrons. The number of esters is 2. The fourth-order valence-electron chi connectivity index (χ4n) is 12.9. The fraction of sp³-hybridized carbons (Fsp3) is 0.674. The second-order valence-electron chi connectivity index (χ2n) is 17.4. The van der Waals surface area contributed by atoms with Gasteiger partial charge >= 0.3 is 11.9 Å². The van der Waals surface area contributed by atoms with Crippen LogP contribution in [-0.2, 0) is 26.3 Å². The summed E-state index contributed by atoms with van der Waals surface area (Å²) in [4.78, 5) is 34.7. The number of rotatable bonds is 7. The van der Waals surface area contributed by atoms with E-state index in [9.17, 15) is 9.59 Å². The van der Waals surface area contributed by atoms with Gasteiger partial charge in [-0.15, -0.1) is 0 Å². The van der Waals surface area contributed by atoms with Crippen LogP contribution in [0.5, 0.6) is 0 Å². The lowest BCUT2D eigenvalue weighted by Gasteiger charge is -2.69. The molecular weight excluding hydrogens is 622 g/mol. The van der Waals surface area contributed by atoms with Gasteiger partial charge in [0.05, 0.1) is 11.0 Å². The second kappa shape index (κ2) is 12.1. The third kappa shape index (κ3) is 4.28. The maximum Gasteiger partial charge on any atom is 0.339 e. The number of allylic oxidation sites excluding steroid dienone is 2. The minimum atomic E-state index is -0.928. The van der Waals surface area contributed by atoms with Crippen molar-refractivity contribution in [3.63, 3.8) is 0 Å². The van der Waals surface area contributed by atoms with Crippen LogP contribution in [-0.4, -0.2) is 60.5 Å². The van der Waals surface area contributed by atoms with Crippen LogP contribution < -0.4 is 5.73 Å². The van der Waals surface area contributed by atoms with Crippen LogP contribution >= 0.6 is 0 Å². The van der Waals surface area contributed by atoms with Crippen LogP contribution in [0.1, 0.15) is 113 Å². The Kier molecular flexibility index (Phi) is 7.97. The Labute approximate surface area is 298 Å². The molecule has 7 nitrogen and oxygen atoms in total. The molecule has 1 aromatic carbocycles. The Morgan fingerprint density at radius 2 is 1.78 bits per heavy atom. The van der Waals surface area contributed by atoms with Crippen LogP contribution in [0.25, 0.3) is 0 Å². The van der Waals surface area contributed by atoms with Crippen molar-refractivity contribution in [2.45, 2.75) is 109 Å². The molecule has 1 aromatic rings. The number of benzene rings is 1. The van der Waals surface area contributed by atoms with Crippen molar-refractivity contribution in [2.24, 2.45) is 46.2 Å². The Hall–Kier alpha value is -2.90. The fourth-order valence-corrected chi connectivity index (χ4v) is 12.9. The van der Waals surface area contributed by atoms with E-state index in [0.717, 1.165) is 114 Å². The van der Waals surface area contributed by atoms with E-state index in [2.05, 4.69) is 67.0 Å². The van der Waals surface area contributed by atoms with Gasteiger partial charge in [-0.25, -0.2) is 4.79 Å². The molecule has 9 unspecified atom stereocenters. The van der Waals surface area contributed by atoms with Gasteiger partial charge in [0, 0.05) is 55.3 Å². The summed E-state index contributed by atoms with van der Waals surface area (Å²) in [6.07, 6.45) is 18.9. The quantitative estimate of drug-likeness (QED) is 0.240. The molecule has 0 aromatic heterocycles. The summed E-state index contributed by atoms with van der Waals surface area (Å²) in [6.45, 7) is 12.0. The molecule has 3 aliphatic carbocycles. The highest BCUT2D eigenvalue weighted by Gasteiger charge is 2.91. The van der Waals surface area contributed by atoms with Gasteiger partial charge in [0.1, 0.15) is 11.2 Å². The molecule has 8 aliphatic heterocycles. The highest BCUT2D eigenvalue weighted by atomic mass is 16.6. The number of hydrogen-bond acceptors (Lipinski definition) is 7. The second-order valence-corrected chi connectivity index (χ2v) is 17.4. The van der Waals surface area contributed by atoms with E-state index in [1.165, 1.54) is 17.7 Å². The maximum atomic E-state index is 14.9. The van der Waals surface area contributed by atoms with Crippen LogP contribution in [0.3, 0.4) is 0 Å². The minimum absolute atomic E-state index is 0.121. The van der Waals surface area contributed by atoms with Gasteiger partial charge in [-0.1, -0.05) is 69.5 Å². The standard InChI is InChI=1S/C43H57N3O4/c1-4-8-32-14-16-37-42-18-17-31(33-20-27(3)13-15-35(33)46-25-28-21-29(26-46)24-45(32)23-28)22-41(42,40(48)49-37)36(9-5-2)43(42)34-12-6-10-30(11-7-19-44)38(34)39(47)50-43/h6,10,12,15-16,22,27-29,32-33,36H,4-5,7-9,11,13-14,17-21,23-26,44H2,1-3H3. The molecule has 3 saturated heterocycles. The molecule has 2 spiro atoms. The zero-order valence-corrected chi connectivity index (χ0v) is 30.6. The van der Waals surface area contributed by atoms with Crippen molar-refractivity contribution in [1.82, 2.24) is 9.80 Å². The lowest BCUT2D eigenvalue weighted by atomic mass is 9.31. The average molecular weight is 680 g/mol. The van der Waals surface area contributed by atoms with E-state index in [4.69, 9.17) is 15.2 Å². The molecule has 7 heteroatoms. The minimum Gasteiger partial charge on any atom is -0.449 e. The molecule has 0 radical (unpaired) electrons. The molecular formula is C43H57N3O4. The summed E-state index contributed by atoms with van der Waals surface area (Å²) in [6, 6.07) is 6.70. The molecule has 12 rings (SSSR count). The molecule has 50 heavy (non-hydrogen) atoms. The zero-order valence-electron chi connectivity index (χ0n) is 30.6. The maximum absolute atomic E-state index is 14.9. The first kappa shape index (κ1) is 33.0. The number of carbonyl (C=O) groups is 2. The van der Waals surface area contributed by atoms with Gasteiger partial charge in [-0.05, 0) is 100 Å². The average Bonchev–Trinajstić information content (AvgIpc) is 3.55. The van der Waals surface area contributed by atoms with Crippen LogP contribution in [0.15, 0.2) is 53.5 Å². The number of piperidine rings is 2. The largest absolute Gasteiger partial charge is 0.449 e. The summed E-state index contributed by atoms with van der Waals surface area (Å²) in [5, 5.41) is 0. The molecule has 4 fully saturated rings. The summed E-state index contributed by atoms with van der Waals surface area (Å²) in [7, 11) is 0. The van der Waals surface area contributed by atoms with Gasteiger partial charge in [0.15, 0.2) is 5.60 Å². The van der Waals surface area contributed by atoms with Crippen molar-refractivity contribution in [3.05, 3.63) is 70.1 Å². The first-order valence-corrected chi connectivity index (χ1v) is 20.2. The van der Waals surface area contributed by atoms with E-state index in [1.54, 1.807) is 0 Å². The number of nitrogens with zero attached hydrogens (tertiary/aromatic N) is 2. The predicted octanol–water partition coefficient (Wildman–Crippen LogP) is 7.26. The number of fused-ring (bicyclic) bond motifs is 2. The molecule has 2 N–H and O–H groups in total. The highest BCUT2D eigenvalue weighted by Crippen LogP contribution is 2.84. The van der Waals surface area contributed by atoms with Gasteiger partial charge in [-0.2, -0.15) is 0 Å². The number of ether oxygens (including phenoxy) is 2. The van der Waals surface area contributed by atoms with Crippen molar-refractivity contribution in [2.75, 3.05) is 32.7 Å². The smallest absolute Gasteiger partial charge is 0.339 e. The summed E-state index contributed by atoms with van der Waals surface area (Å²) < 4.78 is 13.6. The Morgan fingerprint density at radius 1 is 0.980 bits per heavy atom. The number of carbonyl (C=O) groups excluding carboxylic acids is 2. The van der Waals surface area contributed by atoms with E-state index in [1.807, 2.05) is 0 Å². The normalized spacial score (nSPS) is 40.9. The van der Waals surface area contributed by atoms with Crippen molar-refractivity contribution in [3.8, 4) is 0 Å². The lowest BCUT2D eigenvalue weighted by Crippen LogP contribution is -2.75. The van der Waals surface area contributed by atoms with Crippen LogP contribution in [0.4, 0.5) is 0 Å². The van der Waals surface area contributed by atoms with Crippen molar-refractivity contribution in [1.29, 1.82) is 0 Å². The molecule has 1 saturated carbocycles. The summed E-state index contributed by atoms with van der Waals surface area (Å²) >= 11 is 0. The first-order valence-electron chi connectivity index (χ1n) is 20.2. The topological polar surface area (TPSA) is 85.1 Å². The lowest BCUT2D eigenvalue weighted by molar-refractivity contribution is -0.271. The van der Waals surface area contributed by atoms with E-state index in [-0.39, 0.29) is 17.9 Å². The molecule has 11 aliphatic rings. The van der Waals surface area contributed by atoms with Crippen molar-refractivity contribution >= 4 is 11.9 Å². The van der Waals surface area contributed by atoms with Crippen LogP contribution in [0.2, 0.25) is 0 Å². The monoisotopic (exact) mass is 679 g/mol. The highest BCUT2D eigenvalue weighted by molar-refractivity contribution is 5.99. The molecule has 9 atom stereocenters. The summed E-state index contributed by atoms with van der Waals surface area (Å²) in [5.74, 6) is 2.54. The van der Waals surface area contributed by atoms with E-state index in [0.29, 0.717) is 41.8 Å². The van der Waals surface area contributed by atoms with Gasteiger partial charge in [0.25, 0.3) is 0 Å². The number of aryl methyl sites for hydroxylation is 1. The Balaban J connectivity index is 1.27. The van der Waals surface area contributed by atoms with Gasteiger partial charge < -0.3 is 20.1 Å². The summed E-state index contributed by atoms with van der Waals surface area (Å²) in [5.41, 5.74) is 9.08. The Morgan fingerprint density at radius 3 is 2.54 bits per heavy atom.